The average Bonchev–Trinajstić information content (AvgIpc) is 2.44. The number of methoxy groups -OCH3 is 1. The molecular weight excluding hydrogens is 260 g/mol. The van der Waals surface area contributed by atoms with Crippen molar-refractivity contribution in [1.82, 2.24) is 10.2 Å². The number of rotatable bonds is 8. The molecule has 0 saturated heterocycles. The van der Waals surface area contributed by atoms with E-state index in [1.165, 1.54) is 31.4 Å². The first-order valence-corrected chi connectivity index (χ1v) is 8.17. The number of ether oxygens (including phenoxy) is 1. The summed E-state index contributed by atoms with van der Waals surface area (Å²) in [6, 6.07) is 9.86. The Labute approximate surface area is 129 Å². The van der Waals surface area contributed by atoms with Crippen molar-refractivity contribution in [2.24, 2.45) is 0 Å². The Hall–Kier alpha value is -1.06. The Morgan fingerprint density at radius 2 is 2.10 bits per heavy atom. The Balaban J connectivity index is 1.63. The van der Waals surface area contributed by atoms with E-state index >= 15 is 0 Å². The van der Waals surface area contributed by atoms with Crippen molar-refractivity contribution in [1.29, 1.82) is 0 Å². The van der Waals surface area contributed by atoms with Gasteiger partial charge in [0.25, 0.3) is 0 Å². The first-order valence-electron chi connectivity index (χ1n) is 8.17. The van der Waals surface area contributed by atoms with Crippen LogP contribution < -0.4 is 10.1 Å². The fourth-order valence-corrected chi connectivity index (χ4v) is 2.84. The summed E-state index contributed by atoms with van der Waals surface area (Å²) >= 11 is 0. The van der Waals surface area contributed by atoms with Gasteiger partial charge in [0.05, 0.1) is 7.11 Å². The Kier molecular flexibility index (Phi) is 6.07. The zero-order chi connectivity index (χ0) is 15.2. The molecule has 21 heavy (non-hydrogen) atoms. The van der Waals surface area contributed by atoms with Crippen LogP contribution in [-0.2, 0) is 0 Å². The molecule has 1 aliphatic carbocycles. The zero-order valence-electron chi connectivity index (χ0n) is 13.9. The fourth-order valence-electron chi connectivity index (χ4n) is 2.84. The van der Waals surface area contributed by atoms with Crippen LogP contribution in [0.2, 0.25) is 0 Å². The predicted octanol–water partition coefficient (Wildman–Crippen LogP) is 3.26. The molecule has 3 heteroatoms. The molecule has 0 unspecified atom stereocenters. The standard InChI is InChI=1S/C18H30N2O/c1-14(2)20(3)10-6-9-19-17-11-16(12-17)15-7-5-8-18(13-15)21-4/h5,7-8,13-14,16-17,19H,6,9-12H2,1-4H3. The molecule has 3 nitrogen and oxygen atoms in total. The smallest absolute Gasteiger partial charge is 0.119 e. The van der Waals surface area contributed by atoms with Crippen LogP contribution in [0.5, 0.6) is 5.75 Å². The third-order valence-electron chi connectivity index (χ3n) is 4.71. The highest BCUT2D eigenvalue weighted by atomic mass is 16.5. The van der Waals surface area contributed by atoms with E-state index in [-0.39, 0.29) is 0 Å². The fraction of sp³-hybridized carbons (Fsp3) is 0.667. The maximum atomic E-state index is 5.30. The largest absolute Gasteiger partial charge is 0.497 e. The van der Waals surface area contributed by atoms with E-state index < -0.39 is 0 Å². The molecule has 0 aromatic heterocycles. The monoisotopic (exact) mass is 290 g/mol. The van der Waals surface area contributed by atoms with E-state index in [4.69, 9.17) is 4.74 Å². The van der Waals surface area contributed by atoms with Gasteiger partial charge >= 0.3 is 0 Å². The Morgan fingerprint density at radius 1 is 1.33 bits per heavy atom. The minimum Gasteiger partial charge on any atom is -0.497 e. The van der Waals surface area contributed by atoms with Crippen LogP contribution in [0.15, 0.2) is 24.3 Å². The molecule has 0 atom stereocenters. The molecule has 1 saturated carbocycles. The number of benzene rings is 1. The normalized spacial score (nSPS) is 21.6. The van der Waals surface area contributed by atoms with Crippen LogP contribution >= 0.6 is 0 Å². The van der Waals surface area contributed by atoms with Crippen LogP contribution in [0.1, 0.15) is 44.6 Å². The number of nitrogens with zero attached hydrogens (tertiary/aromatic N) is 1. The molecule has 1 aliphatic rings. The summed E-state index contributed by atoms with van der Waals surface area (Å²) in [5, 5.41) is 3.68. The van der Waals surface area contributed by atoms with Gasteiger partial charge in [-0.2, -0.15) is 0 Å². The highest BCUT2D eigenvalue weighted by Crippen LogP contribution is 2.37. The summed E-state index contributed by atoms with van der Waals surface area (Å²) < 4.78 is 5.30. The van der Waals surface area contributed by atoms with Gasteiger partial charge in [0.1, 0.15) is 5.75 Å². The SMILES string of the molecule is COc1cccc(C2CC(NCCCN(C)C(C)C)C2)c1. The van der Waals surface area contributed by atoms with E-state index in [0.29, 0.717) is 18.0 Å². The van der Waals surface area contributed by atoms with Crippen LogP contribution in [0, 0.1) is 0 Å². The molecule has 1 fully saturated rings. The van der Waals surface area contributed by atoms with Crippen molar-refractivity contribution in [2.75, 3.05) is 27.2 Å². The molecule has 118 valence electrons. The van der Waals surface area contributed by atoms with Gasteiger partial charge in [0.2, 0.25) is 0 Å². The summed E-state index contributed by atoms with van der Waals surface area (Å²) in [7, 11) is 3.94. The van der Waals surface area contributed by atoms with E-state index in [2.05, 4.69) is 49.3 Å². The van der Waals surface area contributed by atoms with Gasteiger partial charge in [-0.25, -0.2) is 0 Å². The van der Waals surface area contributed by atoms with Gasteiger partial charge in [0, 0.05) is 12.1 Å². The Bertz CT molecular complexity index is 427. The van der Waals surface area contributed by atoms with Gasteiger partial charge in [-0.05, 0) is 76.9 Å². The van der Waals surface area contributed by atoms with Crippen molar-refractivity contribution in [2.45, 2.75) is 51.1 Å². The maximum absolute atomic E-state index is 5.30. The van der Waals surface area contributed by atoms with E-state index in [0.717, 1.165) is 12.3 Å². The van der Waals surface area contributed by atoms with E-state index in [1.807, 2.05) is 6.07 Å². The summed E-state index contributed by atoms with van der Waals surface area (Å²) in [6.45, 7) is 6.80. The van der Waals surface area contributed by atoms with Crippen LogP contribution in [-0.4, -0.2) is 44.2 Å². The molecule has 1 N–H and O–H groups in total. The summed E-state index contributed by atoms with van der Waals surface area (Å²) in [5.74, 6) is 1.68. The lowest BCUT2D eigenvalue weighted by atomic mass is 9.76. The Morgan fingerprint density at radius 3 is 2.76 bits per heavy atom. The van der Waals surface area contributed by atoms with Gasteiger partial charge < -0.3 is 15.0 Å². The molecule has 0 bridgehead atoms. The summed E-state index contributed by atoms with van der Waals surface area (Å²) in [4.78, 5) is 2.40. The molecule has 0 radical (unpaired) electrons. The van der Waals surface area contributed by atoms with Crippen molar-refractivity contribution in [3.8, 4) is 5.75 Å². The summed E-state index contributed by atoms with van der Waals surface area (Å²) in [5.41, 5.74) is 1.42. The van der Waals surface area contributed by atoms with Crippen molar-refractivity contribution in [3.63, 3.8) is 0 Å². The molecule has 0 heterocycles. The third-order valence-corrected chi connectivity index (χ3v) is 4.71. The second-order valence-corrected chi connectivity index (χ2v) is 6.52. The second-order valence-electron chi connectivity index (χ2n) is 6.52. The molecule has 1 aromatic carbocycles. The highest BCUT2D eigenvalue weighted by Gasteiger charge is 2.29. The lowest BCUT2D eigenvalue weighted by molar-refractivity contribution is 0.253. The zero-order valence-corrected chi connectivity index (χ0v) is 13.9. The van der Waals surface area contributed by atoms with Crippen LogP contribution in [0.25, 0.3) is 0 Å². The van der Waals surface area contributed by atoms with Crippen molar-refractivity contribution < 1.29 is 4.74 Å². The predicted molar refractivity (Wildman–Crippen MR) is 89.1 cm³/mol. The third kappa shape index (κ3) is 4.72. The topological polar surface area (TPSA) is 24.5 Å². The maximum Gasteiger partial charge on any atom is 0.119 e. The number of hydrogen-bond acceptors (Lipinski definition) is 3. The minimum absolute atomic E-state index is 0.645. The first-order chi connectivity index (χ1) is 10.1. The van der Waals surface area contributed by atoms with Crippen molar-refractivity contribution >= 4 is 0 Å². The number of hydrogen-bond donors (Lipinski definition) is 1. The minimum atomic E-state index is 0.645. The van der Waals surface area contributed by atoms with Crippen LogP contribution in [0.4, 0.5) is 0 Å². The van der Waals surface area contributed by atoms with E-state index in [1.54, 1.807) is 7.11 Å². The number of nitrogens with one attached hydrogen (secondary N) is 1. The highest BCUT2D eigenvalue weighted by molar-refractivity contribution is 5.32. The van der Waals surface area contributed by atoms with Crippen molar-refractivity contribution in [3.05, 3.63) is 29.8 Å². The van der Waals surface area contributed by atoms with Gasteiger partial charge in [-0.3, -0.25) is 0 Å². The molecule has 2 rings (SSSR count). The average molecular weight is 290 g/mol. The molecule has 0 aliphatic heterocycles. The lowest BCUT2D eigenvalue weighted by Crippen LogP contribution is -2.41. The summed E-state index contributed by atoms with van der Waals surface area (Å²) in [6.07, 6.45) is 3.75. The van der Waals surface area contributed by atoms with Gasteiger partial charge in [-0.15, -0.1) is 0 Å². The lowest BCUT2D eigenvalue weighted by Gasteiger charge is -2.36. The molecular formula is C18H30N2O. The van der Waals surface area contributed by atoms with Gasteiger partial charge in [0.15, 0.2) is 0 Å². The molecule has 0 amide bonds. The first kappa shape index (κ1) is 16.3. The second kappa shape index (κ2) is 7.81. The molecule has 1 aromatic rings. The van der Waals surface area contributed by atoms with Crippen LogP contribution in [0.3, 0.4) is 0 Å². The van der Waals surface area contributed by atoms with Gasteiger partial charge in [-0.1, -0.05) is 12.1 Å². The van der Waals surface area contributed by atoms with E-state index in [9.17, 15) is 0 Å². The quantitative estimate of drug-likeness (QED) is 0.744. The molecule has 0 spiro atoms.